The Morgan fingerprint density at radius 1 is 1.15 bits per heavy atom. The van der Waals surface area contributed by atoms with E-state index in [2.05, 4.69) is 10.3 Å². The van der Waals surface area contributed by atoms with Crippen LogP contribution >= 0.6 is 0 Å². The lowest BCUT2D eigenvalue weighted by Gasteiger charge is -2.20. The number of likely N-dealkylation sites (N-methyl/N-ethyl adjacent to an activating group) is 2. The van der Waals surface area contributed by atoms with Gasteiger partial charge >= 0.3 is 0 Å². The molecule has 0 bridgehead atoms. The Morgan fingerprint density at radius 3 is 2.35 bits per heavy atom. The highest BCUT2D eigenvalue weighted by molar-refractivity contribution is 7.89. The average Bonchev–Trinajstić information content (AvgIpc) is 3.33. The Kier molecular flexibility index (Phi) is 8.11. The van der Waals surface area contributed by atoms with Crippen molar-refractivity contribution in [3.8, 4) is 5.75 Å². The third kappa shape index (κ3) is 5.84. The first-order valence-corrected chi connectivity index (χ1v) is 12.5. The molecule has 0 aliphatic carbocycles. The molecule has 1 heterocycles. The molecule has 0 unspecified atom stereocenters. The predicted molar refractivity (Wildman–Crippen MR) is 134 cm³/mol. The van der Waals surface area contributed by atoms with Crippen molar-refractivity contribution in [2.45, 2.75) is 25.3 Å². The van der Waals surface area contributed by atoms with Crippen LogP contribution < -0.4 is 10.1 Å². The van der Waals surface area contributed by atoms with Crippen LogP contribution in [0.25, 0.3) is 0 Å². The molecule has 9 heteroatoms. The molecule has 2 aromatic rings. The van der Waals surface area contributed by atoms with Gasteiger partial charge < -0.3 is 15.0 Å². The standard InChI is InChI=1S/C25H32N4O4S/c1-18-15-22(33-5)16-19(2)24(18)34(31,32)29(4)14-6-7-23(30)28(3)17-20-8-10-21(11-9-20)25-26-12-13-27-25/h6-11,15-16H,12-14,17H2,1-5H3,(H,26,27). The number of amides is 1. The van der Waals surface area contributed by atoms with Crippen LogP contribution in [-0.2, 0) is 21.4 Å². The smallest absolute Gasteiger partial charge is 0.246 e. The number of methoxy groups -OCH3 is 1. The molecule has 182 valence electrons. The number of aliphatic imine (C=N–C) groups is 1. The SMILES string of the molecule is COc1cc(C)c(S(=O)(=O)N(C)CC=CC(=O)N(C)Cc2ccc(C3=NCCN3)cc2)c(C)c1. The van der Waals surface area contributed by atoms with Gasteiger partial charge in [-0.3, -0.25) is 9.79 Å². The number of hydrogen-bond donors (Lipinski definition) is 1. The number of nitrogens with zero attached hydrogens (tertiary/aromatic N) is 3. The highest BCUT2D eigenvalue weighted by atomic mass is 32.2. The minimum Gasteiger partial charge on any atom is -0.497 e. The topological polar surface area (TPSA) is 91.3 Å². The molecule has 0 atom stereocenters. The second-order valence-electron chi connectivity index (χ2n) is 8.33. The van der Waals surface area contributed by atoms with Crippen LogP contribution in [0.2, 0.25) is 0 Å². The Morgan fingerprint density at radius 2 is 1.79 bits per heavy atom. The first-order chi connectivity index (χ1) is 16.1. The molecule has 0 saturated heterocycles. The van der Waals surface area contributed by atoms with Crippen molar-refractivity contribution in [1.29, 1.82) is 0 Å². The zero-order chi connectivity index (χ0) is 24.9. The summed E-state index contributed by atoms with van der Waals surface area (Å²) in [7, 11) is 1.05. The van der Waals surface area contributed by atoms with Crippen LogP contribution in [0.3, 0.4) is 0 Å². The molecule has 34 heavy (non-hydrogen) atoms. The molecule has 8 nitrogen and oxygen atoms in total. The van der Waals surface area contributed by atoms with Crippen molar-refractivity contribution >= 4 is 21.8 Å². The molecule has 0 radical (unpaired) electrons. The van der Waals surface area contributed by atoms with Gasteiger partial charge in [-0.15, -0.1) is 0 Å². The summed E-state index contributed by atoms with van der Waals surface area (Å²) < 4.78 is 32.6. The zero-order valence-electron chi connectivity index (χ0n) is 20.3. The van der Waals surface area contributed by atoms with Crippen LogP contribution in [0.1, 0.15) is 22.3 Å². The third-order valence-corrected chi connectivity index (χ3v) is 7.79. The number of ether oxygens (including phenoxy) is 1. The summed E-state index contributed by atoms with van der Waals surface area (Å²) in [4.78, 5) is 18.8. The number of amidine groups is 1. The largest absolute Gasteiger partial charge is 0.497 e. The van der Waals surface area contributed by atoms with Gasteiger partial charge in [-0.05, 0) is 42.7 Å². The van der Waals surface area contributed by atoms with E-state index in [4.69, 9.17) is 4.74 Å². The van der Waals surface area contributed by atoms with Gasteiger partial charge in [-0.25, -0.2) is 8.42 Å². The lowest BCUT2D eigenvalue weighted by molar-refractivity contribution is -0.125. The van der Waals surface area contributed by atoms with Crippen molar-refractivity contribution in [3.05, 3.63) is 70.8 Å². The summed E-state index contributed by atoms with van der Waals surface area (Å²) in [6.45, 7) is 5.66. The molecular weight excluding hydrogens is 452 g/mol. The van der Waals surface area contributed by atoms with Crippen LogP contribution in [0.5, 0.6) is 5.75 Å². The Hall–Kier alpha value is -3.17. The van der Waals surface area contributed by atoms with Crippen molar-refractivity contribution in [2.24, 2.45) is 4.99 Å². The summed E-state index contributed by atoms with van der Waals surface area (Å²) >= 11 is 0. The van der Waals surface area contributed by atoms with Crippen LogP contribution in [0.15, 0.2) is 58.4 Å². The Labute approximate surface area is 202 Å². The first kappa shape index (κ1) is 25.5. The summed E-state index contributed by atoms with van der Waals surface area (Å²) in [6, 6.07) is 11.3. The van der Waals surface area contributed by atoms with Gasteiger partial charge in [0.25, 0.3) is 0 Å². The molecule has 1 aliphatic rings. The van der Waals surface area contributed by atoms with Gasteiger partial charge in [-0.1, -0.05) is 30.3 Å². The van der Waals surface area contributed by atoms with E-state index in [0.717, 1.165) is 30.1 Å². The fourth-order valence-electron chi connectivity index (χ4n) is 3.83. The maximum absolute atomic E-state index is 13.1. The first-order valence-electron chi connectivity index (χ1n) is 11.0. The van der Waals surface area contributed by atoms with E-state index in [1.54, 1.807) is 51.1 Å². The number of benzene rings is 2. The Balaban J connectivity index is 1.59. The lowest BCUT2D eigenvalue weighted by atomic mass is 10.1. The normalized spacial score (nSPS) is 13.8. The van der Waals surface area contributed by atoms with E-state index in [1.165, 1.54) is 17.4 Å². The molecule has 1 amide bonds. The molecule has 0 saturated carbocycles. The monoisotopic (exact) mass is 484 g/mol. The van der Waals surface area contributed by atoms with E-state index in [-0.39, 0.29) is 17.3 Å². The molecule has 0 spiro atoms. The minimum absolute atomic E-state index is 0.0800. The number of rotatable bonds is 9. The number of sulfonamides is 1. The van der Waals surface area contributed by atoms with E-state index in [0.29, 0.717) is 23.4 Å². The third-order valence-electron chi connectivity index (χ3n) is 5.66. The van der Waals surface area contributed by atoms with Gasteiger partial charge in [0.1, 0.15) is 11.6 Å². The quantitative estimate of drug-likeness (QED) is 0.552. The summed E-state index contributed by atoms with van der Waals surface area (Å²) in [6.07, 6.45) is 2.98. The molecule has 0 aromatic heterocycles. The van der Waals surface area contributed by atoms with E-state index in [9.17, 15) is 13.2 Å². The van der Waals surface area contributed by atoms with Crippen LogP contribution in [0, 0.1) is 13.8 Å². The summed E-state index contributed by atoms with van der Waals surface area (Å²) in [5.74, 6) is 1.32. The van der Waals surface area contributed by atoms with E-state index < -0.39 is 10.0 Å². The molecule has 3 rings (SSSR count). The van der Waals surface area contributed by atoms with Crippen molar-refractivity contribution < 1.29 is 17.9 Å². The predicted octanol–water partition coefficient (Wildman–Crippen LogP) is 2.50. The average molecular weight is 485 g/mol. The van der Waals surface area contributed by atoms with Gasteiger partial charge in [-0.2, -0.15) is 4.31 Å². The van der Waals surface area contributed by atoms with Gasteiger partial charge in [0, 0.05) is 45.4 Å². The summed E-state index contributed by atoms with van der Waals surface area (Å²) in [5.41, 5.74) is 3.26. The fourth-order valence-corrected chi connectivity index (χ4v) is 5.36. The highest BCUT2D eigenvalue weighted by Crippen LogP contribution is 2.27. The summed E-state index contributed by atoms with van der Waals surface area (Å²) in [5, 5.41) is 3.24. The van der Waals surface area contributed by atoms with Crippen molar-refractivity contribution in [3.63, 3.8) is 0 Å². The second kappa shape index (κ2) is 10.8. The number of nitrogens with one attached hydrogen (secondary N) is 1. The molecule has 0 fully saturated rings. The molecular formula is C25H32N4O4S. The van der Waals surface area contributed by atoms with E-state index >= 15 is 0 Å². The lowest BCUT2D eigenvalue weighted by Crippen LogP contribution is -2.29. The Bertz CT molecular complexity index is 1180. The number of carbonyl (C=O) groups is 1. The fraction of sp³-hybridized carbons (Fsp3) is 0.360. The maximum Gasteiger partial charge on any atom is 0.246 e. The maximum atomic E-state index is 13.1. The molecule has 1 N–H and O–H groups in total. The number of carbonyl (C=O) groups excluding carboxylic acids is 1. The van der Waals surface area contributed by atoms with Crippen molar-refractivity contribution in [2.75, 3.05) is 40.8 Å². The van der Waals surface area contributed by atoms with Gasteiger partial charge in [0.05, 0.1) is 18.6 Å². The van der Waals surface area contributed by atoms with Crippen LogP contribution in [-0.4, -0.2) is 70.2 Å². The molecule has 2 aromatic carbocycles. The van der Waals surface area contributed by atoms with Crippen molar-refractivity contribution in [1.82, 2.24) is 14.5 Å². The second-order valence-corrected chi connectivity index (χ2v) is 10.3. The number of aryl methyl sites for hydroxylation is 2. The van der Waals surface area contributed by atoms with Gasteiger partial charge in [0.2, 0.25) is 15.9 Å². The minimum atomic E-state index is -3.72. The number of hydrogen-bond acceptors (Lipinski definition) is 6. The van der Waals surface area contributed by atoms with E-state index in [1.807, 2.05) is 24.3 Å². The van der Waals surface area contributed by atoms with Crippen LogP contribution in [0.4, 0.5) is 0 Å². The molecule has 1 aliphatic heterocycles. The van der Waals surface area contributed by atoms with Gasteiger partial charge in [0.15, 0.2) is 0 Å². The highest BCUT2D eigenvalue weighted by Gasteiger charge is 2.24. The zero-order valence-corrected chi connectivity index (χ0v) is 21.1.